The highest BCUT2D eigenvalue weighted by molar-refractivity contribution is 6.31. The molecule has 0 fully saturated rings. The first-order valence-electron chi connectivity index (χ1n) is 11.9. The largest absolute Gasteiger partial charge is 0.383 e. The summed E-state index contributed by atoms with van der Waals surface area (Å²) in [6, 6.07) is 20.8. The maximum absolute atomic E-state index is 13.5. The maximum atomic E-state index is 13.5. The predicted molar refractivity (Wildman–Crippen MR) is 139 cm³/mol. The van der Waals surface area contributed by atoms with Crippen LogP contribution < -0.4 is 0 Å². The molecule has 2 aromatic carbocycles. The summed E-state index contributed by atoms with van der Waals surface area (Å²) in [6.45, 7) is 6.53. The molecule has 0 radical (unpaired) electrons. The number of nitrogens with zero attached hydrogens (tertiary/aromatic N) is 3. The topological polar surface area (TPSA) is 54.8 Å². The zero-order valence-electron chi connectivity index (χ0n) is 20.7. The molecular formula is C28H34ClN3O3. The number of halogens is 1. The van der Waals surface area contributed by atoms with E-state index in [-0.39, 0.29) is 24.3 Å². The van der Waals surface area contributed by atoms with E-state index in [1.54, 1.807) is 24.1 Å². The second kappa shape index (κ2) is 13.1. The van der Waals surface area contributed by atoms with Gasteiger partial charge in [-0.2, -0.15) is 0 Å². The fourth-order valence-electron chi connectivity index (χ4n) is 3.93. The average molecular weight is 496 g/mol. The third kappa shape index (κ3) is 7.70. The Morgan fingerprint density at radius 1 is 0.971 bits per heavy atom. The van der Waals surface area contributed by atoms with Crippen molar-refractivity contribution >= 4 is 23.4 Å². The van der Waals surface area contributed by atoms with E-state index in [9.17, 15) is 9.59 Å². The molecule has 35 heavy (non-hydrogen) atoms. The van der Waals surface area contributed by atoms with Gasteiger partial charge in [-0.1, -0.05) is 61.8 Å². The van der Waals surface area contributed by atoms with E-state index < -0.39 is 0 Å². The lowest BCUT2D eigenvalue weighted by atomic mass is 10.1. The van der Waals surface area contributed by atoms with Gasteiger partial charge in [-0.25, -0.2) is 0 Å². The summed E-state index contributed by atoms with van der Waals surface area (Å²) in [5.74, 6) is 0.00958. The number of methoxy groups -OCH3 is 1. The number of hydrogen-bond donors (Lipinski definition) is 0. The summed E-state index contributed by atoms with van der Waals surface area (Å²) in [7, 11) is 1.59. The molecule has 1 heterocycles. The lowest BCUT2D eigenvalue weighted by molar-refractivity contribution is -0.133. The van der Waals surface area contributed by atoms with Crippen molar-refractivity contribution in [1.29, 1.82) is 0 Å². The first-order chi connectivity index (χ1) is 16.9. The summed E-state index contributed by atoms with van der Waals surface area (Å²) in [5, 5.41) is 0.718. The van der Waals surface area contributed by atoms with Gasteiger partial charge in [0.1, 0.15) is 6.54 Å². The molecule has 0 aliphatic carbocycles. The number of carbonyl (C=O) groups excluding carboxylic acids is 2. The zero-order valence-corrected chi connectivity index (χ0v) is 21.4. The highest BCUT2D eigenvalue weighted by Crippen LogP contribution is 2.19. The zero-order chi connectivity index (χ0) is 25.2. The van der Waals surface area contributed by atoms with Gasteiger partial charge in [0.05, 0.1) is 13.2 Å². The number of aromatic nitrogens is 1. The van der Waals surface area contributed by atoms with Gasteiger partial charge in [0, 0.05) is 49.2 Å². The Bertz CT molecular complexity index is 1100. The van der Waals surface area contributed by atoms with Gasteiger partial charge in [-0.3, -0.25) is 9.59 Å². The van der Waals surface area contributed by atoms with Crippen molar-refractivity contribution < 1.29 is 14.3 Å². The normalized spacial score (nSPS) is 11.0. The summed E-state index contributed by atoms with van der Waals surface area (Å²) < 4.78 is 7.31. The van der Waals surface area contributed by atoms with Gasteiger partial charge < -0.3 is 19.1 Å². The van der Waals surface area contributed by atoms with Crippen LogP contribution in [-0.4, -0.2) is 59.5 Å². The van der Waals surface area contributed by atoms with Gasteiger partial charge in [0.25, 0.3) is 5.91 Å². The molecule has 0 unspecified atom stereocenters. The Hall–Kier alpha value is -3.09. The quantitative estimate of drug-likeness (QED) is 0.356. The molecule has 1 aromatic heterocycles. The molecule has 3 rings (SSSR count). The molecule has 0 N–H and O–H groups in total. The Kier molecular flexibility index (Phi) is 9.94. The van der Waals surface area contributed by atoms with E-state index in [2.05, 4.69) is 18.4 Å². The Morgan fingerprint density at radius 3 is 2.37 bits per heavy atom. The van der Waals surface area contributed by atoms with Gasteiger partial charge in [0.2, 0.25) is 5.91 Å². The second-order valence-corrected chi connectivity index (χ2v) is 9.38. The Labute approximate surface area is 213 Å². The van der Waals surface area contributed by atoms with Crippen LogP contribution in [0.5, 0.6) is 0 Å². The Balaban J connectivity index is 1.77. The molecule has 0 atom stereocenters. The molecule has 3 aromatic rings. The fraction of sp³-hybridized carbons (Fsp3) is 0.357. The van der Waals surface area contributed by atoms with Crippen molar-refractivity contribution in [3.8, 4) is 0 Å². The van der Waals surface area contributed by atoms with Gasteiger partial charge in [-0.15, -0.1) is 0 Å². The Morgan fingerprint density at radius 2 is 1.69 bits per heavy atom. The van der Waals surface area contributed by atoms with E-state index in [0.29, 0.717) is 38.3 Å². The number of benzene rings is 2. The van der Waals surface area contributed by atoms with Gasteiger partial charge in [-0.05, 0) is 41.8 Å². The SMILES string of the molecule is COCCN(CC(=O)N(Cc1cccn1Cc1ccccc1Cl)CC(C)C)C(=O)c1ccccc1. The molecular weight excluding hydrogens is 462 g/mol. The van der Waals surface area contributed by atoms with Crippen LogP contribution in [0.25, 0.3) is 0 Å². The molecule has 0 bridgehead atoms. The summed E-state index contributed by atoms with van der Waals surface area (Å²) in [5.41, 5.74) is 2.59. The van der Waals surface area contributed by atoms with Crippen LogP contribution in [-0.2, 0) is 22.6 Å². The van der Waals surface area contributed by atoms with Crippen molar-refractivity contribution in [2.45, 2.75) is 26.9 Å². The molecule has 6 nitrogen and oxygen atoms in total. The second-order valence-electron chi connectivity index (χ2n) is 8.97. The number of amides is 2. The van der Waals surface area contributed by atoms with Crippen LogP contribution in [0.2, 0.25) is 5.02 Å². The summed E-state index contributed by atoms with van der Waals surface area (Å²) in [4.78, 5) is 30.0. The van der Waals surface area contributed by atoms with Crippen LogP contribution in [0.4, 0.5) is 0 Å². The third-order valence-electron chi connectivity index (χ3n) is 5.71. The van der Waals surface area contributed by atoms with E-state index in [4.69, 9.17) is 16.3 Å². The van der Waals surface area contributed by atoms with E-state index >= 15 is 0 Å². The molecule has 0 saturated carbocycles. The number of carbonyl (C=O) groups is 2. The van der Waals surface area contributed by atoms with Crippen molar-refractivity contribution in [2.75, 3.05) is 33.4 Å². The highest BCUT2D eigenvalue weighted by atomic mass is 35.5. The molecule has 0 aliphatic rings. The van der Waals surface area contributed by atoms with Crippen molar-refractivity contribution in [2.24, 2.45) is 5.92 Å². The molecule has 0 saturated heterocycles. The highest BCUT2D eigenvalue weighted by Gasteiger charge is 2.23. The van der Waals surface area contributed by atoms with Crippen LogP contribution in [0.3, 0.4) is 0 Å². The molecule has 7 heteroatoms. The number of rotatable bonds is 12. The monoisotopic (exact) mass is 495 g/mol. The van der Waals surface area contributed by atoms with E-state index in [1.165, 1.54) is 0 Å². The summed E-state index contributed by atoms with van der Waals surface area (Å²) >= 11 is 6.37. The molecule has 186 valence electrons. The smallest absolute Gasteiger partial charge is 0.254 e. The lowest BCUT2D eigenvalue weighted by Crippen LogP contribution is -2.45. The van der Waals surface area contributed by atoms with E-state index in [1.807, 2.05) is 65.7 Å². The van der Waals surface area contributed by atoms with Crippen LogP contribution in [0.15, 0.2) is 72.9 Å². The van der Waals surface area contributed by atoms with Crippen molar-refractivity contribution in [3.63, 3.8) is 0 Å². The summed E-state index contributed by atoms with van der Waals surface area (Å²) in [6.07, 6.45) is 2.00. The minimum absolute atomic E-state index is 0.00493. The van der Waals surface area contributed by atoms with Crippen LogP contribution in [0.1, 0.15) is 35.5 Å². The third-order valence-corrected chi connectivity index (χ3v) is 6.08. The minimum atomic E-state index is -0.178. The van der Waals surface area contributed by atoms with Crippen molar-refractivity contribution in [1.82, 2.24) is 14.4 Å². The first kappa shape index (κ1) is 26.5. The van der Waals surface area contributed by atoms with Crippen LogP contribution >= 0.6 is 11.6 Å². The average Bonchev–Trinajstić information content (AvgIpc) is 3.29. The van der Waals surface area contributed by atoms with Gasteiger partial charge >= 0.3 is 0 Å². The van der Waals surface area contributed by atoms with Gasteiger partial charge in [0.15, 0.2) is 0 Å². The predicted octanol–water partition coefficient (Wildman–Crippen LogP) is 4.96. The lowest BCUT2D eigenvalue weighted by Gasteiger charge is -2.29. The first-order valence-corrected chi connectivity index (χ1v) is 12.2. The number of ether oxygens (including phenoxy) is 1. The standard InChI is InChI=1S/C28H34ClN3O3/c1-22(2)18-32(20-25-13-9-15-30(25)19-24-12-7-8-14-26(24)29)27(33)21-31(16-17-35-3)28(34)23-10-5-4-6-11-23/h4-15,22H,16-21H2,1-3H3. The maximum Gasteiger partial charge on any atom is 0.254 e. The molecule has 2 amide bonds. The van der Waals surface area contributed by atoms with Crippen LogP contribution in [0, 0.1) is 5.92 Å². The minimum Gasteiger partial charge on any atom is -0.383 e. The molecule has 0 spiro atoms. The fourth-order valence-corrected chi connectivity index (χ4v) is 4.12. The number of hydrogen-bond acceptors (Lipinski definition) is 3. The molecule has 0 aliphatic heterocycles. The van der Waals surface area contributed by atoms with E-state index in [0.717, 1.165) is 16.3 Å². The van der Waals surface area contributed by atoms with Crippen molar-refractivity contribution in [3.05, 3.63) is 94.8 Å².